The van der Waals surface area contributed by atoms with Crippen molar-refractivity contribution in [2.45, 2.75) is 52.4 Å². The molecule has 0 aromatic heterocycles. The van der Waals surface area contributed by atoms with Crippen LogP contribution in [0.2, 0.25) is 5.02 Å². The van der Waals surface area contributed by atoms with Crippen LogP contribution in [0.15, 0.2) is 29.7 Å². The average Bonchev–Trinajstić information content (AvgIpc) is 2.61. The summed E-state index contributed by atoms with van der Waals surface area (Å²) in [6.07, 6.45) is 5.77. The van der Waals surface area contributed by atoms with Crippen LogP contribution in [0.4, 0.5) is 0 Å². The monoisotopic (exact) mass is 364 g/mol. The lowest BCUT2D eigenvalue weighted by Crippen LogP contribution is -2.25. The van der Waals surface area contributed by atoms with Gasteiger partial charge in [0.2, 0.25) is 23.1 Å². The van der Waals surface area contributed by atoms with Crippen molar-refractivity contribution in [3.8, 4) is 0 Å². The summed E-state index contributed by atoms with van der Waals surface area (Å²) in [5, 5.41) is 0.414. The Kier molecular flexibility index (Phi) is 7.51. The van der Waals surface area contributed by atoms with Crippen LogP contribution in [0.3, 0.4) is 0 Å². The van der Waals surface area contributed by atoms with Crippen LogP contribution < -0.4 is 0 Å². The van der Waals surface area contributed by atoms with E-state index in [0.717, 1.165) is 38.5 Å². The largest absolute Gasteiger partial charge is 0.486 e. The van der Waals surface area contributed by atoms with E-state index in [1.165, 1.54) is 6.07 Å². The first kappa shape index (κ1) is 19.5. The number of fused-ring (bicyclic) bond motifs is 1. The van der Waals surface area contributed by atoms with E-state index in [1.807, 2.05) is 0 Å². The van der Waals surface area contributed by atoms with Gasteiger partial charge in [0.05, 0.1) is 13.2 Å². The van der Waals surface area contributed by atoms with Crippen molar-refractivity contribution in [2.75, 3.05) is 13.2 Å². The molecule has 0 N–H and O–H groups in total. The molecule has 1 aromatic carbocycles. The molecular weight excluding hydrogens is 340 g/mol. The molecule has 0 atom stereocenters. The van der Waals surface area contributed by atoms with Gasteiger partial charge in [0.1, 0.15) is 0 Å². The lowest BCUT2D eigenvalue weighted by molar-refractivity contribution is 0.0744. The number of ketones is 2. The summed E-state index contributed by atoms with van der Waals surface area (Å²) in [6.45, 7) is 4.97. The molecule has 4 nitrogen and oxygen atoms in total. The highest BCUT2D eigenvalue weighted by Gasteiger charge is 2.35. The Balaban J connectivity index is 2.26. The van der Waals surface area contributed by atoms with E-state index in [9.17, 15) is 9.59 Å². The number of allylic oxidation sites excluding steroid dienone is 2. The summed E-state index contributed by atoms with van der Waals surface area (Å²) < 4.78 is 11.4. The minimum absolute atomic E-state index is 0.0207. The van der Waals surface area contributed by atoms with Crippen molar-refractivity contribution in [1.29, 1.82) is 0 Å². The minimum Gasteiger partial charge on any atom is -0.486 e. The van der Waals surface area contributed by atoms with E-state index in [0.29, 0.717) is 23.8 Å². The molecule has 0 aliphatic heterocycles. The van der Waals surface area contributed by atoms with Gasteiger partial charge in [0.15, 0.2) is 0 Å². The molecule has 0 bridgehead atoms. The molecule has 136 valence electrons. The number of Topliss-reactive ketones (excluding diaryl/α,β-unsaturated/α-hetero) is 2. The predicted octanol–water partition coefficient (Wildman–Crippen LogP) is 5.34. The van der Waals surface area contributed by atoms with Crippen molar-refractivity contribution in [1.82, 2.24) is 0 Å². The molecule has 0 spiro atoms. The fraction of sp³-hybridized carbons (Fsp3) is 0.500. The Morgan fingerprint density at radius 2 is 1.32 bits per heavy atom. The molecule has 0 saturated carbocycles. The summed E-state index contributed by atoms with van der Waals surface area (Å²) in [5.41, 5.74) is 0.602. The molecule has 1 aliphatic rings. The molecule has 2 rings (SSSR count). The van der Waals surface area contributed by atoms with Crippen molar-refractivity contribution < 1.29 is 19.1 Å². The molecular formula is C20H25ClO4. The number of benzene rings is 1. The van der Waals surface area contributed by atoms with Gasteiger partial charge in [-0.25, -0.2) is 0 Å². The van der Waals surface area contributed by atoms with E-state index in [-0.39, 0.29) is 28.6 Å². The second kappa shape index (κ2) is 9.62. The topological polar surface area (TPSA) is 52.6 Å². The van der Waals surface area contributed by atoms with Crippen LogP contribution in [0.25, 0.3) is 0 Å². The van der Waals surface area contributed by atoms with Gasteiger partial charge >= 0.3 is 0 Å². The van der Waals surface area contributed by atoms with Gasteiger partial charge in [-0.3, -0.25) is 9.59 Å². The number of unbranched alkanes of at least 4 members (excludes halogenated alkanes) is 4. The summed E-state index contributed by atoms with van der Waals surface area (Å²) >= 11 is 5.99. The van der Waals surface area contributed by atoms with E-state index >= 15 is 0 Å². The second-order valence-corrected chi connectivity index (χ2v) is 6.55. The highest BCUT2D eigenvalue weighted by Crippen LogP contribution is 2.30. The van der Waals surface area contributed by atoms with Gasteiger partial charge in [-0.1, -0.05) is 51.1 Å². The molecule has 0 heterocycles. The van der Waals surface area contributed by atoms with E-state index in [1.54, 1.807) is 12.1 Å². The highest BCUT2D eigenvalue weighted by atomic mass is 35.5. The molecule has 0 amide bonds. The zero-order valence-corrected chi connectivity index (χ0v) is 15.7. The normalized spacial score (nSPS) is 13.9. The third-order valence-electron chi connectivity index (χ3n) is 4.08. The quantitative estimate of drug-likeness (QED) is 0.525. The van der Waals surface area contributed by atoms with Crippen molar-refractivity contribution in [2.24, 2.45) is 0 Å². The maximum absolute atomic E-state index is 12.8. The van der Waals surface area contributed by atoms with E-state index < -0.39 is 0 Å². The molecule has 25 heavy (non-hydrogen) atoms. The Labute approximate surface area is 154 Å². The summed E-state index contributed by atoms with van der Waals surface area (Å²) in [5.74, 6) is -0.591. The fourth-order valence-corrected chi connectivity index (χ4v) is 2.84. The lowest BCUT2D eigenvalue weighted by atomic mass is 9.92. The molecule has 1 aromatic rings. The number of carbonyl (C=O) groups is 2. The SMILES string of the molecule is CCCCCOC1=C(OCCCCC)C(=O)c2cc(Cl)ccc2C1=O. The lowest BCUT2D eigenvalue weighted by Gasteiger charge is -2.21. The third kappa shape index (κ3) is 4.85. The number of halogens is 1. The maximum Gasteiger partial charge on any atom is 0.232 e. The van der Waals surface area contributed by atoms with Crippen LogP contribution in [0, 0.1) is 0 Å². The zero-order chi connectivity index (χ0) is 18.2. The van der Waals surface area contributed by atoms with Crippen molar-refractivity contribution in [3.63, 3.8) is 0 Å². The number of carbonyl (C=O) groups excluding carboxylic acids is 2. The smallest absolute Gasteiger partial charge is 0.232 e. The molecule has 0 fully saturated rings. The van der Waals surface area contributed by atoms with E-state index in [4.69, 9.17) is 21.1 Å². The van der Waals surface area contributed by atoms with Gasteiger partial charge in [-0.2, -0.15) is 0 Å². The maximum atomic E-state index is 12.8. The number of hydrogen-bond acceptors (Lipinski definition) is 4. The van der Waals surface area contributed by atoms with Gasteiger partial charge in [0.25, 0.3) is 0 Å². The van der Waals surface area contributed by atoms with Crippen molar-refractivity contribution >= 4 is 23.2 Å². The Morgan fingerprint density at radius 3 is 1.84 bits per heavy atom. The van der Waals surface area contributed by atoms with Gasteiger partial charge < -0.3 is 9.47 Å². The standard InChI is InChI=1S/C20H25ClO4/c1-3-5-7-11-24-19-17(22)15-10-9-14(21)13-16(15)18(23)20(19)25-12-8-6-4-2/h9-10,13H,3-8,11-12H2,1-2H3. The van der Waals surface area contributed by atoms with Gasteiger partial charge in [0, 0.05) is 16.1 Å². The molecule has 0 saturated heterocycles. The van der Waals surface area contributed by atoms with Crippen LogP contribution in [-0.4, -0.2) is 24.8 Å². The van der Waals surface area contributed by atoms with Crippen molar-refractivity contribution in [3.05, 3.63) is 45.9 Å². The van der Waals surface area contributed by atoms with Gasteiger partial charge in [-0.05, 0) is 31.0 Å². The molecule has 0 unspecified atom stereocenters. The Morgan fingerprint density at radius 1 is 0.800 bits per heavy atom. The molecule has 1 aliphatic carbocycles. The van der Waals surface area contributed by atoms with E-state index in [2.05, 4.69) is 13.8 Å². The fourth-order valence-electron chi connectivity index (χ4n) is 2.67. The first-order chi connectivity index (χ1) is 12.1. The average molecular weight is 365 g/mol. The summed E-state index contributed by atoms with van der Waals surface area (Å²) in [4.78, 5) is 25.6. The minimum atomic E-state index is -0.334. The molecule has 0 radical (unpaired) electrons. The summed E-state index contributed by atoms with van der Waals surface area (Å²) in [6, 6.07) is 4.69. The number of rotatable bonds is 10. The molecule has 5 heteroatoms. The summed E-state index contributed by atoms with van der Waals surface area (Å²) in [7, 11) is 0. The first-order valence-electron chi connectivity index (χ1n) is 8.99. The number of ether oxygens (including phenoxy) is 2. The zero-order valence-electron chi connectivity index (χ0n) is 14.9. The first-order valence-corrected chi connectivity index (χ1v) is 9.36. The predicted molar refractivity (Wildman–Crippen MR) is 98.1 cm³/mol. The van der Waals surface area contributed by atoms with Crippen LogP contribution >= 0.6 is 11.6 Å². The van der Waals surface area contributed by atoms with Crippen LogP contribution in [0.1, 0.15) is 73.1 Å². The number of hydrogen-bond donors (Lipinski definition) is 0. The van der Waals surface area contributed by atoms with Crippen LogP contribution in [-0.2, 0) is 9.47 Å². The van der Waals surface area contributed by atoms with Gasteiger partial charge in [-0.15, -0.1) is 0 Å². The Bertz CT molecular complexity index is 664. The highest BCUT2D eigenvalue weighted by molar-refractivity contribution is 6.32. The Hall–Kier alpha value is -1.81. The van der Waals surface area contributed by atoms with Crippen LogP contribution in [0.5, 0.6) is 0 Å². The third-order valence-corrected chi connectivity index (χ3v) is 4.31. The second-order valence-electron chi connectivity index (χ2n) is 6.12.